The summed E-state index contributed by atoms with van der Waals surface area (Å²) in [6.45, 7) is 8.03. The molecule has 1 atom stereocenters. The maximum absolute atomic E-state index is 12.7. The number of aliphatic carboxylic acids is 2. The average molecular weight is 1720 g/mol. The van der Waals surface area contributed by atoms with Gasteiger partial charge in [0, 0.05) is 115 Å². The Morgan fingerprint density at radius 2 is 1.17 bits per heavy atom. The molecule has 0 aliphatic carbocycles. The number of amidine groups is 3. The Morgan fingerprint density at radius 1 is 0.563 bits per heavy atom. The number of nitrogens with two attached hydrogens (primary N) is 6. The number of hydrogen-bond donors (Lipinski definition) is 18. The lowest BCUT2D eigenvalue weighted by molar-refractivity contribution is -0.140. The summed E-state index contributed by atoms with van der Waals surface area (Å²) >= 11 is 0. The van der Waals surface area contributed by atoms with Gasteiger partial charge in [0.25, 0.3) is 5.91 Å². The summed E-state index contributed by atoms with van der Waals surface area (Å²) in [6, 6.07) is 50.2. The molecule has 3 aliphatic rings. The highest BCUT2D eigenvalue weighted by molar-refractivity contribution is 7.89. The third-order valence-electron chi connectivity index (χ3n) is 18.0. The number of amides is 5. The van der Waals surface area contributed by atoms with Gasteiger partial charge in [-0.1, -0.05) is 42.5 Å². The topological polar surface area (TPSA) is 650 Å². The standard InChI is InChI=1S/C23H25N7O.C22H22N8O6S.C19H18N10O.C19H24N8O/c31-23(29-18-4-1-3-15(12-18)20-5-2-6-24-20)30-19-13-16(21-25-7-8-26-21)11-17(14-19)22-27-9-10-28-22;23-20-17(28-26-13-4-2-1-3-5-13)12-18(21(24)25-20)29-27-14-6-8-15(9-7-14)37(35,36)30-16(22(33)34)10-11-19(31)32;1-10-6-7-22-19(25-10)29-17(30)11-2-4-12(5-3-11)23-8-13-9-24-16-14(26-13)15(20)27-18(21)28-16;1-12(26-27-18(20)21)14-5-4-6-16(11-14)25-19(28)24-15-9-7-13(8-10-15)17(22-2)23-3/h1,3-4,11-14H,2,5-10H2,(H,25,26)(H,27,28)(H2,29,30,31);1-9,12,16,30H,10-11H2,(H,31,32)(H,33,34)(H4,23,24,25);2-7,9,23H,8H2,1H3,(H,22,25,29,30)(H4,20,21,24,27,28);4-11H,1-3H3,(H,22,23)(H4,20,21,27)(H2,24,25,28)/b;;;26-12+/t;16-;;/m.1../s1. The first-order valence-electron chi connectivity index (χ1n) is 38.7. The first-order chi connectivity index (χ1) is 60.7. The number of carboxylic acid groups (broad SMARTS) is 2. The zero-order chi connectivity index (χ0) is 89.7. The molecule has 43 heteroatoms. The largest absolute Gasteiger partial charge is 0.481 e. The molecule has 126 heavy (non-hydrogen) atoms. The zero-order valence-electron chi connectivity index (χ0n) is 68.4. The van der Waals surface area contributed by atoms with Crippen LogP contribution in [0.5, 0.6) is 0 Å². The molecular weight excluding hydrogens is 1640 g/mol. The van der Waals surface area contributed by atoms with Crippen molar-refractivity contribution in [2.24, 2.45) is 62.1 Å². The molecule has 0 unspecified atom stereocenters. The third kappa shape index (κ3) is 26.6. The number of urea groups is 2. The fraction of sp³-hybridized carbons (Fsp3) is 0.181. The number of carbonyl (C=O) groups is 5. The molecule has 0 radical (unpaired) electrons. The van der Waals surface area contributed by atoms with E-state index >= 15 is 0 Å². The van der Waals surface area contributed by atoms with Gasteiger partial charge in [0.2, 0.25) is 27.9 Å². The molecule has 7 heterocycles. The number of rotatable bonds is 26. The molecule has 24 N–H and O–H groups in total. The maximum Gasteiger partial charge on any atom is 0.323 e. The predicted octanol–water partition coefficient (Wildman–Crippen LogP) is 9.76. The van der Waals surface area contributed by atoms with E-state index in [9.17, 15) is 37.5 Å². The predicted molar refractivity (Wildman–Crippen MR) is 485 cm³/mol. The number of aromatic nitrogens is 7. The lowest BCUT2D eigenvalue weighted by Gasteiger charge is -2.14. The van der Waals surface area contributed by atoms with E-state index in [2.05, 4.69) is 133 Å². The maximum atomic E-state index is 12.7. The Hall–Kier alpha value is -16.7. The van der Waals surface area contributed by atoms with Gasteiger partial charge in [-0.05, 0) is 178 Å². The molecule has 646 valence electrons. The summed E-state index contributed by atoms with van der Waals surface area (Å²) in [5.41, 5.74) is 47.4. The van der Waals surface area contributed by atoms with Crippen LogP contribution in [0, 0.1) is 6.92 Å². The van der Waals surface area contributed by atoms with Crippen LogP contribution in [0.3, 0.4) is 0 Å². The summed E-state index contributed by atoms with van der Waals surface area (Å²) < 4.78 is 27.0. The van der Waals surface area contributed by atoms with E-state index < -0.39 is 40.8 Å². The molecule has 0 saturated carbocycles. The second kappa shape index (κ2) is 43.5. The number of nitrogens with zero attached hydrogens (tertiary/aromatic N) is 17. The Morgan fingerprint density at radius 3 is 1.77 bits per heavy atom. The Kier molecular flexibility index (Phi) is 31.1. The summed E-state index contributed by atoms with van der Waals surface area (Å²) in [6.07, 6.45) is 4.32. The average Bonchev–Trinajstić information content (AvgIpc) is 1.06. The van der Waals surface area contributed by atoms with Gasteiger partial charge in [-0.15, -0.1) is 15.3 Å². The Labute approximate surface area is 721 Å². The van der Waals surface area contributed by atoms with Gasteiger partial charge < -0.3 is 87.1 Å². The fourth-order valence-corrected chi connectivity index (χ4v) is 13.2. The van der Waals surface area contributed by atoms with E-state index in [-0.39, 0.29) is 75.2 Å². The molecule has 0 fully saturated rings. The number of benzene rings is 7. The van der Waals surface area contributed by atoms with Crippen LogP contribution in [0.15, 0.2) is 250 Å². The third-order valence-corrected chi connectivity index (χ3v) is 19.5. The van der Waals surface area contributed by atoms with Gasteiger partial charge in [0.05, 0.1) is 53.5 Å². The van der Waals surface area contributed by atoms with Crippen LogP contribution < -0.4 is 87.0 Å². The SMILES string of the molecule is CN=C(NC)c1ccc(NC(=O)Nc2cccc(/C(C)=N/N=C(N)N)c2)cc1.Cc1ccnc(NC(=O)c2ccc(NCc3cnc4nc(N)nc(N)c4n3)cc2)n1.Nc1nc(N)c(N=Nc2ccc(S(=O)(=O)N[C@H](CCC(=O)O)C(=O)O)cc2)cc1N=Nc1ccccc1.O=C(Nc1cccc(C2=NCCC2)c1)Nc1cc(C2=NCCN2)cc(C2=NCCN2)c1. The van der Waals surface area contributed by atoms with Crippen molar-refractivity contribution in [1.29, 1.82) is 0 Å². The van der Waals surface area contributed by atoms with E-state index in [1.165, 1.54) is 30.3 Å². The number of fused-ring (bicyclic) bond motifs is 1. The van der Waals surface area contributed by atoms with Crippen molar-refractivity contribution < 1.29 is 42.6 Å². The van der Waals surface area contributed by atoms with Gasteiger partial charge in [-0.2, -0.15) is 30.0 Å². The van der Waals surface area contributed by atoms with Crippen molar-refractivity contribution in [2.45, 2.75) is 57.0 Å². The Bertz CT molecular complexity index is 6130. The van der Waals surface area contributed by atoms with Gasteiger partial charge >= 0.3 is 24.0 Å². The fourth-order valence-electron chi connectivity index (χ4n) is 11.9. The number of sulfonamides is 1. The van der Waals surface area contributed by atoms with Crippen molar-refractivity contribution in [1.82, 2.24) is 55.6 Å². The van der Waals surface area contributed by atoms with E-state index in [0.717, 1.165) is 114 Å². The number of nitrogen functional groups attached to an aromatic ring is 4. The van der Waals surface area contributed by atoms with Gasteiger partial charge in [0.1, 0.15) is 34.9 Å². The van der Waals surface area contributed by atoms with Crippen LogP contribution in [0.2, 0.25) is 0 Å². The zero-order valence-corrected chi connectivity index (χ0v) is 69.2. The molecule has 0 bridgehead atoms. The van der Waals surface area contributed by atoms with Crippen LogP contribution in [0.25, 0.3) is 11.2 Å². The van der Waals surface area contributed by atoms with Crippen molar-refractivity contribution in [3.63, 3.8) is 0 Å². The van der Waals surface area contributed by atoms with E-state index in [1.807, 2.05) is 78.4 Å². The molecule has 5 amide bonds. The Balaban J connectivity index is 0.000000164. The summed E-state index contributed by atoms with van der Waals surface area (Å²) in [5.74, 6) is -0.163. The van der Waals surface area contributed by atoms with Crippen molar-refractivity contribution in [2.75, 3.05) is 102 Å². The number of hydrogen-bond acceptors (Lipinski definition) is 31. The second-order valence-electron chi connectivity index (χ2n) is 27.4. The number of pyridine rings is 1. The first-order valence-corrected chi connectivity index (χ1v) is 40.2. The molecule has 7 aromatic carbocycles. The molecule has 4 aromatic heterocycles. The minimum Gasteiger partial charge on any atom is -0.481 e. The number of aryl methyl sites for hydroxylation is 1. The number of nitrogens with one attached hydrogen (secondary N) is 10. The van der Waals surface area contributed by atoms with Crippen molar-refractivity contribution >= 4 is 167 Å². The minimum atomic E-state index is -4.25. The molecule has 3 aliphatic heterocycles. The van der Waals surface area contributed by atoms with Crippen LogP contribution in [-0.2, 0) is 26.2 Å². The first kappa shape index (κ1) is 90.0. The molecular formula is C83H89N33O9S. The number of azo groups is 2. The minimum absolute atomic E-state index is 0.00983. The van der Waals surface area contributed by atoms with Crippen molar-refractivity contribution in [3.8, 4) is 0 Å². The van der Waals surface area contributed by atoms with Gasteiger partial charge in [0.15, 0.2) is 28.6 Å². The van der Waals surface area contributed by atoms with Crippen molar-refractivity contribution in [3.05, 3.63) is 239 Å². The molecule has 0 spiro atoms. The van der Waals surface area contributed by atoms with Crippen LogP contribution in [0.1, 0.15) is 82.2 Å². The van der Waals surface area contributed by atoms with E-state index in [0.29, 0.717) is 57.4 Å². The number of carboxylic acids is 2. The van der Waals surface area contributed by atoms with Gasteiger partial charge in [-0.3, -0.25) is 39.7 Å². The number of anilines is 10. The number of carbonyl (C=O) groups excluding carboxylic acids is 3. The summed E-state index contributed by atoms with van der Waals surface area (Å²) in [7, 11) is -0.728. The normalized spacial score (nSPS) is 13.1. The lowest BCUT2D eigenvalue weighted by atomic mass is 10.1. The molecule has 11 aromatic rings. The highest BCUT2D eigenvalue weighted by atomic mass is 32.2. The van der Waals surface area contributed by atoms with Gasteiger partial charge in [-0.25, -0.2) is 42.9 Å². The number of guanidine groups is 1. The number of aliphatic imine (C=N–C) groups is 4. The highest BCUT2D eigenvalue weighted by Crippen LogP contribution is 2.34. The second-order valence-corrected chi connectivity index (χ2v) is 29.1. The van der Waals surface area contributed by atoms with E-state index in [1.54, 1.807) is 118 Å². The summed E-state index contributed by atoms with van der Waals surface area (Å²) in [4.78, 5) is 106. The quantitative estimate of drug-likeness (QED) is 0.0104. The van der Waals surface area contributed by atoms with Crippen LogP contribution in [-0.4, -0.2) is 171 Å². The lowest BCUT2D eigenvalue weighted by Crippen LogP contribution is -2.41. The smallest absolute Gasteiger partial charge is 0.323 e. The molecule has 0 saturated heterocycles. The summed E-state index contributed by atoms with van der Waals surface area (Å²) in [5, 5.41) is 68.6. The highest BCUT2D eigenvalue weighted by Gasteiger charge is 2.27. The van der Waals surface area contributed by atoms with Crippen LogP contribution >= 0.6 is 0 Å². The van der Waals surface area contributed by atoms with E-state index in [4.69, 9.17) is 39.5 Å². The molecule has 42 nitrogen and oxygen atoms in total. The monoisotopic (exact) mass is 1720 g/mol. The molecule has 14 rings (SSSR count). The van der Waals surface area contributed by atoms with Crippen LogP contribution in [0.4, 0.5) is 90.1 Å².